The number of nitrogens with one attached hydrogen (secondary N) is 2. The quantitative estimate of drug-likeness (QED) is 0.897. The third-order valence-corrected chi connectivity index (χ3v) is 4.56. The van der Waals surface area contributed by atoms with Gasteiger partial charge in [0.2, 0.25) is 0 Å². The molecule has 1 saturated carbocycles. The lowest BCUT2D eigenvalue weighted by molar-refractivity contribution is 0.0934. The Balaban J connectivity index is 0.00000147. The minimum absolute atomic E-state index is 0. The molecule has 0 atom stereocenters. The van der Waals surface area contributed by atoms with Crippen LogP contribution in [-0.2, 0) is 6.42 Å². The van der Waals surface area contributed by atoms with Crippen LogP contribution in [0, 0.1) is 5.41 Å². The third-order valence-electron chi connectivity index (χ3n) is 4.56. The van der Waals surface area contributed by atoms with Gasteiger partial charge >= 0.3 is 0 Å². The fraction of sp³-hybridized carbons (Fsp3) is 0.562. The molecule has 0 unspecified atom stereocenters. The molecule has 3 nitrogen and oxygen atoms in total. The monoisotopic (exact) mass is 294 g/mol. The molecule has 1 aliphatic carbocycles. The normalized spacial score (nSPS) is 18.9. The van der Waals surface area contributed by atoms with Gasteiger partial charge in [0.25, 0.3) is 5.91 Å². The second-order valence-corrected chi connectivity index (χ2v) is 6.25. The molecule has 0 saturated heterocycles. The maximum Gasteiger partial charge on any atom is 0.251 e. The summed E-state index contributed by atoms with van der Waals surface area (Å²) in [5.74, 6) is 0.0721. The number of anilines is 1. The topological polar surface area (TPSA) is 41.1 Å². The van der Waals surface area contributed by atoms with Gasteiger partial charge in [-0.15, -0.1) is 12.4 Å². The third kappa shape index (κ3) is 3.09. The van der Waals surface area contributed by atoms with Gasteiger partial charge in [0.1, 0.15) is 0 Å². The Morgan fingerprint density at radius 1 is 1.35 bits per heavy atom. The standard InChI is InChI=1S/C16H22N2O.ClH/c1-16(7-2-3-8-16)11-18-15(19)13-4-5-14-12(10-13)6-9-17-14;/h4-5,10,17H,2-3,6-9,11H2,1H3,(H,18,19);1H. The summed E-state index contributed by atoms with van der Waals surface area (Å²) < 4.78 is 0. The summed E-state index contributed by atoms with van der Waals surface area (Å²) in [6, 6.07) is 5.97. The van der Waals surface area contributed by atoms with Crippen LogP contribution in [0.2, 0.25) is 0 Å². The zero-order valence-electron chi connectivity index (χ0n) is 12.0. The van der Waals surface area contributed by atoms with E-state index in [1.807, 2.05) is 18.2 Å². The summed E-state index contributed by atoms with van der Waals surface area (Å²) in [6.07, 6.45) is 6.10. The Hall–Kier alpha value is -1.22. The maximum atomic E-state index is 12.2. The molecule has 0 spiro atoms. The highest BCUT2D eigenvalue weighted by Gasteiger charge is 2.29. The number of benzene rings is 1. The van der Waals surface area contributed by atoms with Crippen molar-refractivity contribution >= 4 is 24.0 Å². The van der Waals surface area contributed by atoms with E-state index in [4.69, 9.17) is 0 Å². The predicted octanol–water partition coefficient (Wildman–Crippen LogP) is 3.39. The largest absolute Gasteiger partial charge is 0.384 e. The zero-order valence-corrected chi connectivity index (χ0v) is 12.8. The Morgan fingerprint density at radius 2 is 2.10 bits per heavy atom. The van der Waals surface area contributed by atoms with Crippen LogP contribution in [0.5, 0.6) is 0 Å². The number of rotatable bonds is 3. The highest BCUT2D eigenvalue weighted by atomic mass is 35.5. The molecule has 3 rings (SSSR count). The second-order valence-electron chi connectivity index (χ2n) is 6.25. The van der Waals surface area contributed by atoms with Crippen LogP contribution < -0.4 is 10.6 Å². The number of hydrogen-bond acceptors (Lipinski definition) is 2. The lowest BCUT2D eigenvalue weighted by atomic mass is 9.89. The lowest BCUT2D eigenvalue weighted by Crippen LogP contribution is -2.34. The van der Waals surface area contributed by atoms with E-state index in [0.717, 1.165) is 25.1 Å². The van der Waals surface area contributed by atoms with Crippen molar-refractivity contribution in [3.05, 3.63) is 29.3 Å². The van der Waals surface area contributed by atoms with E-state index in [9.17, 15) is 4.79 Å². The van der Waals surface area contributed by atoms with Crippen LogP contribution in [0.1, 0.15) is 48.5 Å². The van der Waals surface area contributed by atoms with Gasteiger partial charge in [0.15, 0.2) is 0 Å². The van der Waals surface area contributed by atoms with Crippen LogP contribution in [-0.4, -0.2) is 19.0 Å². The Bertz CT molecular complexity index is 495. The second kappa shape index (κ2) is 6.04. The van der Waals surface area contributed by atoms with Crippen molar-refractivity contribution in [2.24, 2.45) is 5.41 Å². The summed E-state index contributed by atoms with van der Waals surface area (Å²) in [5.41, 5.74) is 3.55. The van der Waals surface area contributed by atoms with Crippen LogP contribution in [0.4, 0.5) is 5.69 Å². The molecule has 0 aromatic heterocycles. The summed E-state index contributed by atoms with van der Waals surface area (Å²) in [6.45, 7) is 4.08. The molecule has 1 heterocycles. The van der Waals surface area contributed by atoms with Gasteiger partial charge < -0.3 is 10.6 Å². The lowest BCUT2D eigenvalue weighted by Gasteiger charge is -2.23. The summed E-state index contributed by atoms with van der Waals surface area (Å²) in [4.78, 5) is 12.2. The van der Waals surface area contributed by atoms with Gasteiger partial charge in [-0.05, 0) is 48.4 Å². The van der Waals surface area contributed by atoms with E-state index >= 15 is 0 Å². The average Bonchev–Trinajstić information content (AvgIpc) is 3.04. The molecule has 1 amide bonds. The van der Waals surface area contributed by atoms with Crippen LogP contribution >= 0.6 is 12.4 Å². The molecular weight excluding hydrogens is 272 g/mol. The van der Waals surface area contributed by atoms with Gasteiger partial charge in [-0.3, -0.25) is 4.79 Å². The van der Waals surface area contributed by atoms with Crippen molar-refractivity contribution in [3.8, 4) is 0 Å². The summed E-state index contributed by atoms with van der Waals surface area (Å²) in [5, 5.41) is 6.43. The first-order chi connectivity index (χ1) is 9.16. The SMILES string of the molecule is CC1(CNC(=O)c2ccc3c(c2)CCN3)CCCC1.Cl. The number of fused-ring (bicyclic) bond motifs is 1. The highest BCUT2D eigenvalue weighted by Crippen LogP contribution is 2.36. The maximum absolute atomic E-state index is 12.2. The molecular formula is C16H23ClN2O. The molecule has 2 aliphatic rings. The number of amides is 1. The minimum atomic E-state index is 0. The molecule has 110 valence electrons. The molecule has 1 aromatic carbocycles. The summed E-state index contributed by atoms with van der Waals surface area (Å²) >= 11 is 0. The van der Waals surface area contributed by atoms with E-state index in [1.165, 1.54) is 36.9 Å². The molecule has 1 fully saturated rings. The number of carbonyl (C=O) groups is 1. The number of carbonyl (C=O) groups excluding carboxylic acids is 1. The summed E-state index contributed by atoms with van der Waals surface area (Å²) in [7, 11) is 0. The van der Waals surface area contributed by atoms with Gasteiger partial charge in [-0.25, -0.2) is 0 Å². The van der Waals surface area contributed by atoms with Crippen molar-refractivity contribution in [2.45, 2.75) is 39.0 Å². The first-order valence-electron chi connectivity index (χ1n) is 7.31. The Kier molecular flexibility index (Phi) is 4.59. The van der Waals surface area contributed by atoms with Crippen molar-refractivity contribution < 1.29 is 4.79 Å². The van der Waals surface area contributed by atoms with E-state index in [-0.39, 0.29) is 18.3 Å². The van der Waals surface area contributed by atoms with E-state index in [2.05, 4.69) is 17.6 Å². The molecule has 4 heteroatoms. The molecule has 1 aromatic rings. The fourth-order valence-electron chi connectivity index (χ4n) is 3.25. The van der Waals surface area contributed by atoms with E-state index in [1.54, 1.807) is 0 Å². The van der Waals surface area contributed by atoms with Crippen LogP contribution in [0.3, 0.4) is 0 Å². The van der Waals surface area contributed by atoms with Gasteiger partial charge in [-0.2, -0.15) is 0 Å². The number of hydrogen-bond donors (Lipinski definition) is 2. The molecule has 2 N–H and O–H groups in total. The molecule has 0 radical (unpaired) electrons. The fourth-order valence-corrected chi connectivity index (χ4v) is 3.25. The first-order valence-corrected chi connectivity index (χ1v) is 7.31. The Labute approximate surface area is 126 Å². The molecule has 1 aliphatic heterocycles. The van der Waals surface area contributed by atoms with Gasteiger partial charge in [0.05, 0.1) is 0 Å². The van der Waals surface area contributed by atoms with Crippen molar-refractivity contribution in [1.82, 2.24) is 5.32 Å². The van der Waals surface area contributed by atoms with E-state index in [0.29, 0.717) is 5.41 Å². The molecule has 0 bridgehead atoms. The van der Waals surface area contributed by atoms with E-state index < -0.39 is 0 Å². The highest BCUT2D eigenvalue weighted by molar-refractivity contribution is 5.95. The van der Waals surface area contributed by atoms with Gasteiger partial charge in [-0.1, -0.05) is 19.8 Å². The number of halogens is 1. The first kappa shape index (κ1) is 15.2. The Morgan fingerprint density at radius 3 is 2.85 bits per heavy atom. The van der Waals surface area contributed by atoms with Crippen LogP contribution in [0.15, 0.2) is 18.2 Å². The molecule has 20 heavy (non-hydrogen) atoms. The van der Waals surface area contributed by atoms with Crippen LogP contribution in [0.25, 0.3) is 0 Å². The smallest absolute Gasteiger partial charge is 0.251 e. The predicted molar refractivity (Wildman–Crippen MR) is 84.8 cm³/mol. The van der Waals surface area contributed by atoms with Crippen molar-refractivity contribution in [1.29, 1.82) is 0 Å². The van der Waals surface area contributed by atoms with Crippen molar-refractivity contribution in [2.75, 3.05) is 18.4 Å². The average molecular weight is 295 g/mol. The zero-order chi connectivity index (χ0) is 13.3. The minimum Gasteiger partial charge on any atom is -0.384 e. The van der Waals surface area contributed by atoms with Crippen molar-refractivity contribution in [3.63, 3.8) is 0 Å². The van der Waals surface area contributed by atoms with Gasteiger partial charge in [0, 0.05) is 24.3 Å².